The predicted molar refractivity (Wildman–Crippen MR) is 128 cm³/mol. The number of amides is 1. The molecule has 0 aliphatic carbocycles. The number of carbonyl (C=O) groups excluding carboxylic acids is 1. The maximum Gasteiger partial charge on any atom is 0.416 e. The summed E-state index contributed by atoms with van der Waals surface area (Å²) in [6.07, 6.45) is -4.59. The van der Waals surface area contributed by atoms with E-state index in [1.54, 1.807) is 38.1 Å². The van der Waals surface area contributed by atoms with Gasteiger partial charge in [0.1, 0.15) is 17.2 Å². The van der Waals surface area contributed by atoms with Gasteiger partial charge in [-0.25, -0.2) is 8.42 Å². The maximum absolute atomic E-state index is 13.8. The van der Waals surface area contributed by atoms with E-state index in [9.17, 15) is 26.4 Å². The molecule has 0 saturated carbocycles. The van der Waals surface area contributed by atoms with Crippen molar-refractivity contribution in [3.8, 4) is 5.75 Å². The number of methoxy groups -OCH3 is 1. The van der Waals surface area contributed by atoms with Crippen molar-refractivity contribution in [2.24, 2.45) is 0 Å². The Hall–Kier alpha value is -3.53. The molecule has 0 aliphatic heterocycles. The molecule has 0 atom stereocenters. The molecule has 0 fully saturated rings. The second kappa shape index (κ2) is 9.99. The van der Waals surface area contributed by atoms with Crippen LogP contribution < -0.4 is 14.4 Å². The fourth-order valence-electron chi connectivity index (χ4n) is 3.40. The van der Waals surface area contributed by atoms with Gasteiger partial charge in [-0.2, -0.15) is 13.2 Å². The summed E-state index contributed by atoms with van der Waals surface area (Å²) in [4.78, 5) is 12.7. The van der Waals surface area contributed by atoms with E-state index in [4.69, 9.17) is 4.74 Å². The highest BCUT2D eigenvalue weighted by atomic mass is 32.2. The highest BCUT2D eigenvalue weighted by Crippen LogP contribution is 2.33. The van der Waals surface area contributed by atoms with E-state index in [2.05, 4.69) is 5.32 Å². The van der Waals surface area contributed by atoms with E-state index in [0.717, 1.165) is 33.6 Å². The summed E-state index contributed by atoms with van der Waals surface area (Å²) in [6, 6.07) is 13.7. The molecule has 0 heterocycles. The van der Waals surface area contributed by atoms with Gasteiger partial charge in [-0.05, 0) is 79.9 Å². The van der Waals surface area contributed by atoms with Crippen molar-refractivity contribution in [3.05, 3.63) is 82.9 Å². The number of nitrogens with zero attached hydrogens (tertiary/aromatic N) is 1. The smallest absolute Gasteiger partial charge is 0.416 e. The first-order valence-electron chi connectivity index (χ1n) is 10.5. The summed E-state index contributed by atoms with van der Waals surface area (Å²) in [5.74, 6) is -0.708. The van der Waals surface area contributed by atoms with Crippen molar-refractivity contribution in [2.75, 3.05) is 23.3 Å². The van der Waals surface area contributed by atoms with E-state index >= 15 is 0 Å². The Morgan fingerprint density at radius 1 is 0.971 bits per heavy atom. The van der Waals surface area contributed by atoms with Gasteiger partial charge in [0.2, 0.25) is 5.91 Å². The van der Waals surface area contributed by atoms with Gasteiger partial charge in [0.15, 0.2) is 0 Å². The van der Waals surface area contributed by atoms with Crippen LogP contribution in [0.2, 0.25) is 0 Å². The second-order valence-corrected chi connectivity index (χ2v) is 9.89. The number of nitrogens with one attached hydrogen (secondary N) is 1. The lowest BCUT2D eigenvalue weighted by atomic mass is 10.1. The van der Waals surface area contributed by atoms with E-state index in [-0.39, 0.29) is 22.0 Å². The molecule has 186 valence electrons. The van der Waals surface area contributed by atoms with Crippen LogP contribution >= 0.6 is 0 Å². The second-order valence-electron chi connectivity index (χ2n) is 8.06. The Bertz CT molecular complexity index is 1360. The lowest BCUT2D eigenvalue weighted by molar-refractivity contribution is -0.137. The summed E-state index contributed by atoms with van der Waals surface area (Å²) >= 11 is 0. The molecule has 0 aromatic heterocycles. The van der Waals surface area contributed by atoms with Gasteiger partial charge in [0, 0.05) is 5.69 Å². The Kier molecular flexibility index (Phi) is 7.44. The van der Waals surface area contributed by atoms with Crippen LogP contribution in [0.3, 0.4) is 0 Å². The molecular weight excluding hydrogens is 481 g/mol. The molecule has 0 spiro atoms. The first-order chi connectivity index (χ1) is 16.3. The number of hydrogen-bond donors (Lipinski definition) is 1. The maximum atomic E-state index is 13.8. The number of hydrogen-bond acceptors (Lipinski definition) is 4. The Labute approximate surface area is 202 Å². The standard InChI is InChI=1S/C25H25F3N2O4S/c1-16-8-11-22(34-4)23(12-16)35(32,33)30(21-10-9-17(2)18(3)13-21)15-24(31)29-20-7-5-6-19(14-20)25(26,27)28/h5-14H,15H2,1-4H3,(H,29,31). The van der Waals surface area contributed by atoms with Crippen LogP contribution in [0, 0.1) is 20.8 Å². The minimum absolute atomic E-state index is 0.0997. The average Bonchev–Trinajstić information content (AvgIpc) is 2.79. The van der Waals surface area contributed by atoms with Gasteiger partial charge in [0.05, 0.1) is 18.4 Å². The van der Waals surface area contributed by atoms with E-state index in [1.807, 2.05) is 6.92 Å². The van der Waals surface area contributed by atoms with Crippen molar-refractivity contribution in [2.45, 2.75) is 31.8 Å². The van der Waals surface area contributed by atoms with Crippen LogP contribution in [0.4, 0.5) is 24.5 Å². The Morgan fingerprint density at radius 3 is 2.31 bits per heavy atom. The number of aryl methyl sites for hydroxylation is 3. The zero-order valence-corrected chi connectivity index (χ0v) is 20.4. The number of sulfonamides is 1. The fourth-order valence-corrected chi connectivity index (χ4v) is 5.06. The molecule has 0 radical (unpaired) electrons. The summed E-state index contributed by atoms with van der Waals surface area (Å²) < 4.78 is 72.8. The molecule has 0 saturated heterocycles. The zero-order valence-electron chi connectivity index (χ0n) is 19.6. The number of rotatable bonds is 7. The number of carbonyl (C=O) groups is 1. The third-order valence-electron chi connectivity index (χ3n) is 5.43. The number of ether oxygens (including phenoxy) is 1. The molecule has 1 amide bonds. The van der Waals surface area contributed by atoms with Crippen molar-refractivity contribution in [1.29, 1.82) is 0 Å². The third kappa shape index (κ3) is 5.94. The van der Waals surface area contributed by atoms with Gasteiger partial charge in [0.25, 0.3) is 10.0 Å². The van der Waals surface area contributed by atoms with Crippen molar-refractivity contribution in [3.63, 3.8) is 0 Å². The molecule has 6 nitrogen and oxygen atoms in total. The van der Waals surface area contributed by atoms with Crippen molar-refractivity contribution < 1.29 is 31.1 Å². The van der Waals surface area contributed by atoms with E-state index in [1.165, 1.54) is 25.3 Å². The summed E-state index contributed by atoms with van der Waals surface area (Å²) in [7, 11) is -2.96. The van der Waals surface area contributed by atoms with Crippen molar-refractivity contribution in [1.82, 2.24) is 0 Å². The third-order valence-corrected chi connectivity index (χ3v) is 7.22. The molecule has 0 aliphatic rings. The Balaban J connectivity index is 2.03. The van der Waals surface area contributed by atoms with Gasteiger partial charge in [-0.3, -0.25) is 9.10 Å². The summed E-state index contributed by atoms with van der Waals surface area (Å²) in [5, 5.41) is 2.37. The van der Waals surface area contributed by atoms with Crippen LogP contribution in [0.5, 0.6) is 5.75 Å². The predicted octanol–water partition coefficient (Wildman–Crippen LogP) is 5.47. The molecule has 1 N–H and O–H groups in total. The minimum atomic E-state index is -4.59. The normalized spacial score (nSPS) is 11.7. The number of benzene rings is 3. The summed E-state index contributed by atoms with van der Waals surface area (Å²) in [6.45, 7) is 4.72. The molecule has 0 bridgehead atoms. The topological polar surface area (TPSA) is 75.7 Å². The van der Waals surface area contributed by atoms with Crippen LogP contribution in [0.15, 0.2) is 65.6 Å². The van der Waals surface area contributed by atoms with Crippen LogP contribution in [-0.2, 0) is 21.0 Å². The number of anilines is 2. The van der Waals surface area contributed by atoms with Crippen LogP contribution in [-0.4, -0.2) is 28.0 Å². The van der Waals surface area contributed by atoms with Crippen molar-refractivity contribution >= 4 is 27.3 Å². The molecular formula is C25H25F3N2O4S. The van der Waals surface area contributed by atoms with Gasteiger partial charge < -0.3 is 10.1 Å². The summed E-state index contributed by atoms with van der Waals surface area (Å²) in [5.41, 5.74) is 1.59. The minimum Gasteiger partial charge on any atom is -0.495 e. The Morgan fingerprint density at radius 2 is 1.69 bits per heavy atom. The lowest BCUT2D eigenvalue weighted by Gasteiger charge is -2.26. The van der Waals surface area contributed by atoms with E-state index in [0.29, 0.717) is 5.56 Å². The molecule has 3 aromatic carbocycles. The highest BCUT2D eigenvalue weighted by Gasteiger charge is 2.32. The molecule has 3 rings (SSSR count). The zero-order chi connectivity index (χ0) is 26.0. The van der Waals surface area contributed by atoms with Crippen LogP contribution in [0.1, 0.15) is 22.3 Å². The lowest BCUT2D eigenvalue weighted by Crippen LogP contribution is -2.38. The number of alkyl halides is 3. The quantitative estimate of drug-likeness (QED) is 0.461. The van der Waals surface area contributed by atoms with E-state index < -0.39 is 34.2 Å². The molecule has 3 aromatic rings. The monoisotopic (exact) mass is 506 g/mol. The van der Waals surface area contributed by atoms with Gasteiger partial charge >= 0.3 is 6.18 Å². The van der Waals surface area contributed by atoms with Gasteiger partial charge in [-0.15, -0.1) is 0 Å². The fraction of sp³-hybridized carbons (Fsp3) is 0.240. The highest BCUT2D eigenvalue weighted by molar-refractivity contribution is 7.93. The number of halogens is 3. The average molecular weight is 507 g/mol. The SMILES string of the molecule is COc1ccc(C)cc1S(=O)(=O)N(CC(=O)Nc1cccc(C(F)(F)F)c1)c1ccc(C)c(C)c1. The first kappa shape index (κ1) is 26.1. The van der Waals surface area contributed by atoms with Gasteiger partial charge in [-0.1, -0.05) is 18.2 Å². The largest absolute Gasteiger partial charge is 0.495 e. The van der Waals surface area contributed by atoms with Crippen LogP contribution in [0.25, 0.3) is 0 Å². The molecule has 10 heteroatoms. The molecule has 35 heavy (non-hydrogen) atoms. The first-order valence-corrected chi connectivity index (χ1v) is 12.0. The molecule has 0 unspecified atom stereocenters.